The van der Waals surface area contributed by atoms with Crippen molar-refractivity contribution in [1.82, 2.24) is 10.6 Å². The molecule has 17 heavy (non-hydrogen) atoms. The van der Waals surface area contributed by atoms with Crippen molar-refractivity contribution in [2.75, 3.05) is 6.54 Å². The fourth-order valence-corrected chi connectivity index (χ4v) is 2.55. The molecule has 2 N–H and O–H groups in total. The zero-order valence-electron chi connectivity index (χ0n) is 9.92. The van der Waals surface area contributed by atoms with E-state index in [1.807, 2.05) is 12.1 Å². The number of carbonyl (C=O) groups excluding carboxylic acids is 1. The van der Waals surface area contributed by atoms with E-state index in [1.54, 1.807) is 0 Å². The van der Waals surface area contributed by atoms with Gasteiger partial charge in [-0.25, -0.2) is 0 Å². The third kappa shape index (κ3) is 3.30. The number of hydrogen-bond donors (Lipinski definition) is 2. The van der Waals surface area contributed by atoms with E-state index in [4.69, 9.17) is 0 Å². The second-order valence-electron chi connectivity index (χ2n) is 4.44. The van der Waals surface area contributed by atoms with E-state index in [0.29, 0.717) is 6.54 Å². The van der Waals surface area contributed by atoms with Crippen molar-refractivity contribution in [2.24, 2.45) is 0 Å². The lowest BCUT2D eigenvalue weighted by Crippen LogP contribution is -2.40. The Labute approximate surface area is 110 Å². The summed E-state index contributed by atoms with van der Waals surface area (Å²) in [5, 5.41) is 6.18. The van der Waals surface area contributed by atoms with Crippen LogP contribution in [0.3, 0.4) is 0 Å². The molecule has 3 nitrogen and oxygen atoms in total. The molecule has 4 heteroatoms. The van der Waals surface area contributed by atoms with Crippen LogP contribution in [0.25, 0.3) is 0 Å². The maximum Gasteiger partial charge on any atom is 0.237 e. The Morgan fingerprint density at radius 1 is 1.59 bits per heavy atom. The molecule has 0 aliphatic carbocycles. The normalized spacial score (nSPS) is 19.3. The SMILES string of the molecule is Cc1cc(Br)ccc1CNC(=O)C1CCCN1. The molecule has 0 saturated carbocycles. The van der Waals surface area contributed by atoms with E-state index in [0.717, 1.165) is 23.9 Å². The molecule has 0 aromatic heterocycles. The lowest BCUT2D eigenvalue weighted by Gasteiger charge is -2.12. The first-order valence-electron chi connectivity index (χ1n) is 5.93. The van der Waals surface area contributed by atoms with Crippen LogP contribution in [0.15, 0.2) is 22.7 Å². The maximum atomic E-state index is 11.8. The van der Waals surface area contributed by atoms with Crippen LogP contribution >= 0.6 is 15.9 Å². The summed E-state index contributed by atoms with van der Waals surface area (Å²) in [4.78, 5) is 11.8. The van der Waals surface area contributed by atoms with Crippen LogP contribution in [-0.2, 0) is 11.3 Å². The molecule has 1 aromatic carbocycles. The Morgan fingerprint density at radius 2 is 2.41 bits per heavy atom. The first kappa shape index (κ1) is 12.6. The first-order chi connectivity index (χ1) is 8.16. The van der Waals surface area contributed by atoms with Crippen molar-refractivity contribution in [3.8, 4) is 0 Å². The molecule has 1 aliphatic rings. The van der Waals surface area contributed by atoms with Crippen LogP contribution < -0.4 is 10.6 Å². The van der Waals surface area contributed by atoms with Crippen molar-refractivity contribution in [1.29, 1.82) is 0 Å². The van der Waals surface area contributed by atoms with E-state index in [2.05, 4.69) is 39.6 Å². The molecule has 0 radical (unpaired) electrons. The van der Waals surface area contributed by atoms with Crippen LogP contribution in [-0.4, -0.2) is 18.5 Å². The summed E-state index contributed by atoms with van der Waals surface area (Å²) in [7, 11) is 0. The smallest absolute Gasteiger partial charge is 0.237 e. The lowest BCUT2D eigenvalue weighted by molar-refractivity contribution is -0.122. The van der Waals surface area contributed by atoms with E-state index in [-0.39, 0.29) is 11.9 Å². The highest BCUT2D eigenvalue weighted by Gasteiger charge is 2.21. The van der Waals surface area contributed by atoms with Gasteiger partial charge in [0.05, 0.1) is 6.04 Å². The van der Waals surface area contributed by atoms with Crippen LogP contribution in [0.1, 0.15) is 24.0 Å². The van der Waals surface area contributed by atoms with E-state index in [9.17, 15) is 4.79 Å². The van der Waals surface area contributed by atoms with Crippen LogP contribution in [0.4, 0.5) is 0 Å². The molecule has 1 saturated heterocycles. The van der Waals surface area contributed by atoms with Gasteiger partial charge in [-0.3, -0.25) is 4.79 Å². The number of benzene rings is 1. The molecule has 1 heterocycles. The minimum absolute atomic E-state index is 0.00533. The summed E-state index contributed by atoms with van der Waals surface area (Å²) in [5.41, 5.74) is 2.36. The molecule has 1 aliphatic heterocycles. The molecule has 0 bridgehead atoms. The van der Waals surface area contributed by atoms with Gasteiger partial charge in [-0.05, 0) is 49.6 Å². The molecule has 1 atom stereocenters. The number of nitrogens with one attached hydrogen (secondary N) is 2. The minimum Gasteiger partial charge on any atom is -0.351 e. The van der Waals surface area contributed by atoms with Gasteiger partial charge >= 0.3 is 0 Å². The van der Waals surface area contributed by atoms with Crippen molar-refractivity contribution in [3.05, 3.63) is 33.8 Å². The fraction of sp³-hybridized carbons (Fsp3) is 0.462. The average Bonchev–Trinajstić information content (AvgIpc) is 2.81. The highest BCUT2D eigenvalue weighted by atomic mass is 79.9. The average molecular weight is 297 g/mol. The Morgan fingerprint density at radius 3 is 3.06 bits per heavy atom. The topological polar surface area (TPSA) is 41.1 Å². The zero-order chi connectivity index (χ0) is 12.3. The third-order valence-electron chi connectivity index (χ3n) is 3.13. The predicted octanol–water partition coefficient (Wildman–Crippen LogP) is 2.13. The van der Waals surface area contributed by atoms with Crippen molar-refractivity contribution < 1.29 is 4.79 Å². The van der Waals surface area contributed by atoms with E-state index < -0.39 is 0 Å². The van der Waals surface area contributed by atoms with Gasteiger partial charge in [0.2, 0.25) is 5.91 Å². The number of aryl methyl sites for hydroxylation is 1. The van der Waals surface area contributed by atoms with Gasteiger partial charge in [-0.2, -0.15) is 0 Å². The summed E-state index contributed by atoms with van der Waals surface area (Å²) in [6, 6.07) is 6.12. The number of carbonyl (C=O) groups is 1. The van der Waals surface area contributed by atoms with Gasteiger partial charge in [0, 0.05) is 11.0 Å². The largest absolute Gasteiger partial charge is 0.351 e. The molecule has 1 fully saturated rings. The first-order valence-corrected chi connectivity index (χ1v) is 6.72. The standard InChI is InChI=1S/C13H17BrN2O/c1-9-7-11(14)5-4-10(9)8-16-13(17)12-3-2-6-15-12/h4-5,7,12,15H,2-3,6,8H2,1H3,(H,16,17). The quantitative estimate of drug-likeness (QED) is 0.897. The molecule has 1 unspecified atom stereocenters. The molecule has 1 aromatic rings. The number of hydrogen-bond acceptors (Lipinski definition) is 2. The van der Waals surface area contributed by atoms with Gasteiger partial charge in [0.25, 0.3) is 0 Å². The van der Waals surface area contributed by atoms with E-state index >= 15 is 0 Å². The monoisotopic (exact) mass is 296 g/mol. The van der Waals surface area contributed by atoms with E-state index in [1.165, 1.54) is 11.1 Å². The van der Waals surface area contributed by atoms with Gasteiger partial charge in [0.15, 0.2) is 0 Å². The lowest BCUT2D eigenvalue weighted by atomic mass is 10.1. The minimum atomic E-state index is 0.00533. The molecule has 1 amide bonds. The van der Waals surface area contributed by atoms with Gasteiger partial charge in [-0.1, -0.05) is 22.0 Å². The zero-order valence-corrected chi connectivity index (χ0v) is 11.5. The van der Waals surface area contributed by atoms with Gasteiger partial charge < -0.3 is 10.6 Å². The molecular formula is C13H17BrN2O. The Balaban J connectivity index is 1.90. The van der Waals surface area contributed by atoms with Crippen molar-refractivity contribution in [2.45, 2.75) is 32.4 Å². The Bertz CT molecular complexity index is 414. The second kappa shape index (κ2) is 5.65. The molecule has 92 valence electrons. The fourth-order valence-electron chi connectivity index (χ4n) is 2.07. The molecule has 2 rings (SSSR count). The summed E-state index contributed by atoms with van der Waals surface area (Å²) in [6.07, 6.45) is 2.04. The third-order valence-corrected chi connectivity index (χ3v) is 3.63. The maximum absolute atomic E-state index is 11.8. The van der Waals surface area contributed by atoms with Crippen LogP contribution in [0, 0.1) is 6.92 Å². The molecule has 0 spiro atoms. The number of halogens is 1. The van der Waals surface area contributed by atoms with Gasteiger partial charge in [-0.15, -0.1) is 0 Å². The highest BCUT2D eigenvalue weighted by molar-refractivity contribution is 9.10. The Hall–Kier alpha value is -0.870. The highest BCUT2D eigenvalue weighted by Crippen LogP contribution is 2.15. The van der Waals surface area contributed by atoms with Crippen molar-refractivity contribution in [3.63, 3.8) is 0 Å². The summed E-state index contributed by atoms with van der Waals surface area (Å²) in [6.45, 7) is 3.62. The predicted molar refractivity (Wildman–Crippen MR) is 71.8 cm³/mol. The molecular weight excluding hydrogens is 280 g/mol. The van der Waals surface area contributed by atoms with Gasteiger partial charge in [0.1, 0.15) is 0 Å². The summed E-state index contributed by atoms with van der Waals surface area (Å²) >= 11 is 3.43. The Kier molecular flexibility index (Phi) is 4.18. The summed E-state index contributed by atoms with van der Waals surface area (Å²) in [5.74, 6) is 0.116. The number of amides is 1. The van der Waals surface area contributed by atoms with Crippen molar-refractivity contribution >= 4 is 21.8 Å². The van der Waals surface area contributed by atoms with Crippen LogP contribution in [0.2, 0.25) is 0 Å². The second-order valence-corrected chi connectivity index (χ2v) is 5.35. The number of rotatable bonds is 3. The summed E-state index contributed by atoms with van der Waals surface area (Å²) < 4.78 is 1.07. The van der Waals surface area contributed by atoms with Crippen LogP contribution in [0.5, 0.6) is 0 Å².